The standard InChI is InChI=1S/C16H16ClNO/c1-2-3-8-19-12-5-6-13-14-9-11(17)4-7-15(14)18-16(13)10-12/h4-7,9-10,18H,2-3,8H2,1H3. The Labute approximate surface area is 117 Å². The Morgan fingerprint density at radius 2 is 1.95 bits per heavy atom. The van der Waals surface area contributed by atoms with Crippen molar-refractivity contribution in [2.75, 3.05) is 6.61 Å². The Morgan fingerprint density at radius 1 is 1.05 bits per heavy atom. The topological polar surface area (TPSA) is 25.0 Å². The van der Waals surface area contributed by atoms with Crippen molar-refractivity contribution in [2.24, 2.45) is 0 Å². The van der Waals surface area contributed by atoms with Crippen LogP contribution in [-0.4, -0.2) is 11.6 Å². The summed E-state index contributed by atoms with van der Waals surface area (Å²) < 4.78 is 5.73. The Hall–Kier alpha value is -1.67. The molecule has 3 heteroatoms. The van der Waals surface area contributed by atoms with Crippen LogP contribution in [0.4, 0.5) is 0 Å². The van der Waals surface area contributed by atoms with Crippen molar-refractivity contribution in [3.8, 4) is 5.75 Å². The average molecular weight is 274 g/mol. The number of rotatable bonds is 4. The molecule has 0 amide bonds. The highest BCUT2D eigenvalue weighted by molar-refractivity contribution is 6.31. The lowest BCUT2D eigenvalue weighted by molar-refractivity contribution is 0.310. The second kappa shape index (κ2) is 5.14. The number of aromatic amines is 1. The molecule has 0 spiro atoms. The van der Waals surface area contributed by atoms with E-state index < -0.39 is 0 Å². The average Bonchev–Trinajstić information content (AvgIpc) is 2.76. The number of benzene rings is 2. The predicted octanol–water partition coefficient (Wildman–Crippen LogP) is 5.15. The second-order valence-electron chi connectivity index (χ2n) is 4.72. The van der Waals surface area contributed by atoms with E-state index in [-0.39, 0.29) is 0 Å². The van der Waals surface area contributed by atoms with Crippen LogP contribution in [0.2, 0.25) is 5.02 Å². The van der Waals surface area contributed by atoms with Gasteiger partial charge in [-0.15, -0.1) is 0 Å². The number of hydrogen-bond acceptors (Lipinski definition) is 1. The maximum Gasteiger partial charge on any atom is 0.121 e. The molecule has 3 rings (SSSR count). The SMILES string of the molecule is CCCCOc1ccc2c(c1)[nH]c1ccc(Cl)cc12. The zero-order valence-electron chi connectivity index (χ0n) is 10.9. The highest BCUT2D eigenvalue weighted by Gasteiger charge is 2.06. The molecule has 3 aromatic rings. The first kappa shape index (κ1) is 12.4. The van der Waals surface area contributed by atoms with Gasteiger partial charge in [-0.1, -0.05) is 24.9 Å². The fourth-order valence-electron chi connectivity index (χ4n) is 2.28. The highest BCUT2D eigenvalue weighted by Crippen LogP contribution is 2.30. The monoisotopic (exact) mass is 273 g/mol. The van der Waals surface area contributed by atoms with Gasteiger partial charge in [-0.25, -0.2) is 0 Å². The Morgan fingerprint density at radius 3 is 2.79 bits per heavy atom. The molecule has 0 atom stereocenters. The van der Waals surface area contributed by atoms with Crippen LogP contribution in [0, 0.1) is 0 Å². The summed E-state index contributed by atoms with van der Waals surface area (Å²) in [6.45, 7) is 2.93. The number of fused-ring (bicyclic) bond motifs is 3. The number of H-pyrrole nitrogens is 1. The van der Waals surface area contributed by atoms with Crippen LogP contribution in [0.1, 0.15) is 19.8 Å². The lowest BCUT2D eigenvalue weighted by Gasteiger charge is -2.04. The third-order valence-corrected chi connectivity index (χ3v) is 3.53. The van der Waals surface area contributed by atoms with Gasteiger partial charge in [0, 0.05) is 27.4 Å². The van der Waals surface area contributed by atoms with E-state index in [9.17, 15) is 0 Å². The Kier molecular flexibility index (Phi) is 3.34. The van der Waals surface area contributed by atoms with Crippen LogP contribution >= 0.6 is 11.6 Å². The van der Waals surface area contributed by atoms with Crippen molar-refractivity contribution < 1.29 is 4.74 Å². The molecule has 1 aromatic heterocycles. The van der Waals surface area contributed by atoms with Gasteiger partial charge in [-0.3, -0.25) is 0 Å². The predicted molar refractivity (Wildman–Crippen MR) is 81.2 cm³/mol. The van der Waals surface area contributed by atoms with E-state index in [1.165, 1.54) is 5.39 Å². The van der Waals surface area contributed by atoms with E-state index >= 15 is 0 Å². The van der Waals surface area contributed by atoms with Gasteiger partial charge in [-0.05, 0) is 36.8 Å². The molecule has 0 saturated carbocycles. The number of hydrogen-bond donors (Lipinski definition) is 1. The fraction of sp³-hybridized carbons (Fsp3) is 0.250. The number of ether oxygens (including phenoxy) is 1. The molecule has 1 heterocycles. The van der Waals surface area contributed by atoms with Crippen LogP contribution < -0.4 is 4.74 Å². The van der Waals surface area contributed by atoms with E-state index in [1.54, 1.807) is 0 Å². The largest absolute Gasteiger partial charge is 0.494 e. The zero-order chi connectivity index (χ0) is 13.2. The molecule has 0 aliphatic rings. The van der Waals surface area contributed by atoms with Gasteiger partial charge in [-0.2, -0.15) is 0 Å². The minimum absolute atomic E-state index is 0.761. The lowest BCUT2D eigenvalue weighted by Crippen LogP contribution is -1.95. The lowest BCUT2D eigenvalue weighted by atomic mass is 10.1. The summed E-state index contributed by atoms with van der Waals surface area (Å²) in [5.74, 6) is 0.915. The summed E-state index contributed by atoms with van der Waals surface area (Å²) in [6, 6.07) is 12.1. The zero-order valence-corrected chi connectivity index (χ0v) is 11.6. The maximum atomic E-state index is 6.05. The highest BCUT2D eigenvalue weighted by atomic mass is 35.5. The first-order chi connectivity index (χ1) is 9.28. The van der Waals surface area contributed by atoms with Gasteiger partial charge in [0.15, 0.2) is 0 Å². The molecule has 1 N–H and O–H groups in total. The van der Waals surface area contributed by atoms with Crippen molar-refractivity contribution in [1.29, 1.82) is 0 Å². The van der Waals surface area contributed by atoms with Gasteiger partial charge in [0.2, 0.25) is 0 Å². The van der Waals surface area contributed by atoms with Gasteiger partial charge < -0.3 is 9.72 Å². The van der Waals surface area contributed by atoms with Crippen LogP contribution in [0.15, 0.2) is 36.4 Å². The Bertz CT molecular complexity index is 717. The summed E-state index contributed by atoms with van der Waals surface area (Å²) in [5, 5.41) is 3.10. The molecule has 0 bridgehead atoms. The second-order valence-corrected chi connectivity index (χ2v) is 5.16. The fourth-order valence-corrected chi connectivity index (χ4v) is 2.45. The van der Waals surface area contributed by atoms with Crippen LogP contribution in [0.5, 0.6) is 5.75 Å². The Balaban J connectivity index is 2.01. The minimum atomic E-state index is 0.761. The molecule has 19 heavy (non-hydrogen) atoms. The van der Waals surface area contributed by atoms with E-state index in [4.69, 9.17) is 16.3 Å². The molecule has 0 aliphatic heterocycles. The van der Waals surface area contributed by atoms with Gasteiger partial charge in [0.05, 0.1) is 12.1 Å². The van der Waals surface area contributed by atoms with Crippen LogP contribution in [0.25, 0.3) is 21.8 Å². The normalized spacial score (nSPS) is 11.3. The summed E-state index contributed by atoms with van der Waals surface area (Å²) in [5.41, 5.74) is 2.19. The van der Waals surface area contributed by atoms with Crippen molar-refractivity contribution in [1.82, 2.24) is 4.98 Å². The molecule has 0 fully saturated rings. The van der Waals surface area contributed by atoms with Gasteiger partial charge >= 0.3 is 0 Å². The van der Waals surface area contributed by atoms with E-state index in [0.29, 0.717) is 0 Å². The van der Waals surface area contributed by atoms with Crippen molar-refractivity contribution in [3.63, 3.8) is 0 Å². The molecular weight excluding hydrogens is 258 g/mol. The van der Waals surface area contributed by atoms with E-state index in [2.05, 4.69) is 24.0 Å². The number of unbranched alkanes of at least 4 members (excludes halogenated alkanes) is 1. The molecule has 2 aromatic carbocycles. The van der Waals surface area contributed by atoms with Crippen molar-refractivity contribution in [2.45, 2.75) is 19.8 Å². The maximum absolute atomic E-state index is 6.05. The molecule has 0 radical (unpaired) electrons. The first-order valence-electron chi connectivity index (χ1n) is 6.61. The molecular formula is C16H16ClNO. The summed E-state index contributed by atoms with van der Waals surface area (Å²) in [7, 11) is 0. The quantitative estimate of drug-likeness (QED) is 0.653. The summed E-state index contributed by atoms with van der Waals surface area (Å²) in [4.78, 5) is 3.40. The minimum Gasteiger partial charge on any atom is -0.494 e. The van der Waals surface area contributed by atoms with Gasteiger partial charge in [0.1, 0.15) is 5.75 Å². The molecule has 0 saturated heterocycles. The molecule has 0 unspecified atom stereocenters. The number of nitrogens with one attached hydrogen (secondary N) is 1. The van der Waals surface area contributed by atoms with E-state index in [1.807, 2.05) is 24.3 Å². The van der Waals surface area contributed by atoms with Crippen LogP contribution in [-0.2, 0) is 0 Å². The van der Waals surface area contributed by atoms with E-state index in [0.717, 1.165) is 46.6 Å². The number of aromatic nitrogens is 1. The molecule has 98 valence electrons. The molecule has 0 aliphatic carbocycles. The van der Waals surface area contributed by atoms with Crippen molar-refractivity contribution >= 4 is 33.4 Å². The smallest absolute Gasteiger partial charge is 0.121 e. The van der Waals surface area contributed by atoms with Gasteiger partial charge in [0.25, 0.3) is 0 Å². The molecule has 2 nitrogen and oxygen atoms in total. The summed E-state index contributed by atoms with van der Waals surface area (Å²) >= 11 is 6.05. The van der Waals surface area contributed by atoms with Crippen LogP contribution in [0.3, 0.4) is 0 Å². The van der Waals surface area contributed by atoms with Crippen molar-refractivity contribution in [3.05, 3.63) is 41.4 Å². The third-order valence-electron chi connectivity index (χ3n) is 3.30. The third kappa shape index (κ3) is 2.41. The number of halogens is 1. The summed E-state index contributed by atoms with van der Waals surface area (Å²) in [6.07, 6.45) is 2.23. The first-order valence-corrected chi connectivity index (χ1v) is 6.99.